The molecule has 17 heavy (non-hydrogen) atoms. The second-order valence-corrected chi connectivity index (χ2v) is 4.11. The Labute approximate surface area is 106 Å². The van der Waals surface area contributed by atoms with E-state index in [2.05, 4.69) is 12.6 Å². The van der Waals surface area contributed by atoms with Crippen LogP contribution < -0.4 is 4.74 Å². The van der Waals surface area contributed by atoms with Gasteiger partial charge in [0.2, 0.25) is 0 Å². The summed E-state index contributed by atoms with van der Waals surface area (Å²) in [4.78, 5) is 0.758. The topological polar surface area (TPSA) is 9.23 Å². The maximum absolute atomic E-state index is 13.1. The van der Waals surface area contributed by atoms with Gasteiger partial charge in [0, 0.05) is 4.90 Å². The molecule has 0 N–H and O–H groups in total. The minimum Gasteiger partial charge on any atom is -0.493 e. The summed E-state index contributed by atoms with van der Waals surface area (Å²) in [5, 5.41) is 0. The Morgan fingerprint density at radius 2 is 1.88 bits per heavy atom. The molecule has 0 bridgehead atoms. The second-order valence-electron chi connectivity index (χ2n) is 3.63. The zero-order valence-electron chi connectivity index (χ0n) is 9.48. The standard InChI is InChI=1S/C14H13FOS/c1-2-16-13-7-6-11(9-14(13)17)10-4-3-5-12(15)8-10/h3-9,17H,2H2,1H3. The highest BCUT2D eigenvalue weighted by atomic mass is 32.1. The van der Waals surface area contributed by atoms with Crippen molar-refractivity contribution in [2.75, 3.05) is 6.61 Å². The molecule has 0 atom stereocenters. The Hall–Kier alpha value is -1.48. The molecule has 0 aliphatic heterocycles. The van der Waals surface area contributed by atoms with Crippen LogP contribution in [-0.4, -0.2) is 6.61 Å². The van der Waals surface area contributed by atoms with Crippen molar-refractivity contribution in [3.05, 3.63) is 48.3 Å². The van der Waals surface area contributed by atoms with Crippen LogP contribution in [0.25, 0.3) is 11.1 Å². The van der Waals surface area contributed by atoms with Crippen LogP contribution in [0.5, 0.6) is 5.75 Å². The first-order chi connectivity index (χ1) is 8.20. The van der Waals surface area contributed by atoms with E-state index in [1.54, 1.807) is 6.07 Å². The Morgan fingerprint density at radius 1 is 1.12 bits per heavy atom. The van der Waals surface area contributed by atoms with Gasteiger partial charge < -0.3 is 4.74 Å². The van der Waals surface area contributed by atoms with Crippen molar-refractivity contribution in [3.63, 3.8) is 0 Å². The van der Waals surface area contributed by atoms with E-state index >= 15 is 0 Å². The van der Waals surface area contributed by atoms with Crippen LogP contribution in [0.3, 0.4) is 0 Å². The van der Waals surface area contributed by atoms with Crippen LogP contribution in [0.15, 0.2) is 47.4 Å². The van der Waals surface area contributed by atoms with E-state index in [-0.39, 0.29) is 5.82 Å². The average molecular weight is 248 g/mol. The number of halogens is 1. The summed E-state index contributed by atoms with van der Waals surface area (Å²) in [6, 6.07) is 12.1. The van der Waals surface area contributed by atoms with Gasteiger partial charge in [-0.2, -0.15) is 0 Å². The number of ether oxygens (including phenoxy) is 1. The Balaban J connectivity index is 2.37. The number of hydrogen-bond acceptors (Lipinski definition) is 2. The SMILES string of the molecule is CCOc1ccc(-c2cccc(F)c2)cc1S. The fourth-order valence-electron chi connectivity index (χ4n) is 1.64. The Bertz CT molecular complexity index is 525. The van der Waals surface area contributed by atoms with Crippen LogP contribution in [-0.2, 0) is 0 Å². The molecule has 0 unspecified atom stereocenters. The first-order valence-corrected chi connectivity index (χ1v) is 5.87. The van der Waals surface area contributed by atoms with E-state index in [0.717, 1.165) is 21.8 Å². The molecule has 0 saturated heterocycles. The molecule has 0 aromatic heterocycles. The first-order valence-electron chi connectivity index (χ1n) is 5.42. The highest BCUT2D eigenvalue weighted by molar-refractivity contribution is 7.80. The summed E-state index contributed by atoms with van der Waals surface area (Å²) in [6.07, 6.45) is 0. The van der Waals surface area contributed by atoms with E-state index < -0.39 is 0 Å². The maximum Gasteiger partial charge on any atom is 0.132 e. The lowest BCUT2D eigenvalue weighted by Gasteiger charge is -2.08. The van der Waals surface area contributed by atoms with E-state index in [1.165, 1.54) is 12.1 Å². The van der Waals surface area contributed by atoms with E-state index in [0.29, 0.717) is 6.61 Å². The first kappa shape index (κ1) is 12.0. The molecule has 0 heterocycles. The third-order valence-electron chi connectivity index (χ3n) is 2.42. The highest BCUT2D eigenvalue weighted by Crippen LogP contribution is 2.29. The largest absolute Gasteiger partial charge is 0.493 e. The molecule has 0 spiro atoms. The predicted molar refractivity (Wildman–Crippen MR) is 70.3 cm³/mol. The molecule has 1 nitrogen and oxygen atoms in total. The van der Waals surface area contributed by atoms with Crippen molar-refractivity contribution in [1.82, 2.24) is 0 Å². The molecule has 0 aliphatic rings. The summed E-state index contributed by atoms with van der Waals surface area (Å²) in [6.45, 7) is 2.53. The molecular formula is C14H13FOS. The van der Waals surface area contributed by atoms with Gasteiger partial charge in [0.25, 0.3) is 0 Å². The maximum atomic E-state index is 13.1. The lowest BCUT2D eigenvalue weighted by atomic mass is 10.1. The molecule has 0 aliphatic carbocycles. The number of benzene rings is 2. The quantitative estimate of drug-likeness (QED) is 0.802. The lowest BCUT2D eigenvalue weighted by molar-refractivity contribution is 0.332. The molecule has 2 rings (SSSR count). The van der Waals surface area contributed by atoms with Crippen LogP contribution >= 0.6 is 12.6 Å². The van der Waals surface area contributed by atoms with Crippen molar-refractivity contribution in [1.29, 1.82) is 0 Å². The summed E-state index contributed by atoms with van der Waals surface area (Å²) in [5.74, 6) is 0.507. The lowest BCUT2D eigenvalue weighted by Crippen LogP contribution is -1.92. The molecule has 0 radical (unpaired) electrons. The van der Waals surface area contributed by atoms with Gasteiger partial charge in [-0.1, -0.05) is 18.2 Å². The number of hydrogen-bond donors (Lipinski definition) is 1. The van der Waals surface area contributed by atoms with Crippen LogP contribution in [0, 0.1) is 5.82 Å². The third-order valence-corrected chi connectivity index (χ3v) is 2.77. The van der Waals surface area contributed by atoms with E-state index in [1.807, 2.05) is 31.2 Å². The van der Waals surface area contributed by atoms with Gasteiger partial charge in [-0.25, -0.2) is 4.39 Å². The van der Waals surface area contributed by atoms with E-state index in [9.17, 15) is 4.39 Å². The van der Waals surface area contributed by atoms with Crippen molar-refractivity contribution < 1.29 is 9.13 Å². The molecular weight excluding hydrogens is 235 g/mol. The van der Waals surface area contributed by atoms with Crippen molar-refractivity contribution >= 4 is 12.6 Å². The minimum atomic E-state index is -0.239. The predicted octanol–water partition coefficient (Wildman–Crippen LogP) is 4.18. The number of thiol groups is 1. The van der Waals surface area contributed by atoms with Crippen molar-refractivity contribution in [2.45, 2.75) is 11.8 Å². The fourth-order valence-corrected chi connectivity index (χ4v) is 1.92. The zero-order valence-corrected chi connectivity index (χ0v) is 10.4. The van der Waals surface area contributed by atoms with Gasteiger partial charge in [-0.3, -0.25) is 0 Å². The van der Waals surface area contributed by atoms with E-state index in [4.69, 9.17) is 4.74 Å². The van der Waals surface area contributed by atoms with Gasteiger partial charge in [-0.15, -0.1) is 12.6 Å². The fraction of sp³-hybridized carbons (Fsp3) is 0.143. The normalized spacial score (nSPS) is 10.3. The summed E-state index contributed by atoms with van der Waals surface area (Å²) >= 11 is 4.36. The zero-order chi connectivity index (χ0) is 12.3. The van der Waals surface area contributed by atoms with Gasteiger partial charge >= 0.3 is 0 Å². The average Bonchev–Trinajstić information content (AvgIpc) is 2.32. The van der Waals surface area contributed by atoms with Crippen molar-refractivity contribution in [3.8, 4) is 16.9 Å². The summed E-state index contributed by atoms with van der Waals surface area (Å²) in [7, 11) is 0. The number of rotatable bonds is 3. The van der Waals surface area contributed by atoms with Crippen molar-refractivity contribution in [2.24, 2.45) is 0 Å². The molecule has 2 aromatic carbocycles. The third kappa shape index (κ3) is 2.80. The van der Waals surface area contributed by atoms with Crippen LogP contribution in [0.1, 0.15) is 6.92 Å². The highest BCUT2D eigenvalue weighted by Gasteiger charge is 2.04. The van der Waals surface area contributed by atoms with Crippen LogP contribution in [0.4, 0.5) is 4.39 Å². The Morgan fingerprint density at radius 3 is 2.53 bits per heavy atom. The molecule has 0 amide bonds. The van der Waals surface area contributed by atoms with Crippen LogP contribution in [0.2, 0.25) is 0 Å². The molecule has 88 valence electrons. The second kappa shape index (κ2) is 5.23. The van der Waals surface area contributed by atoms with Gasteiger partial charge in [-0.05, 0) is 42.3 Å². The van der Waals surface area contributed by atoms with Gasteiger partial charge in [0.15, 0.2) is 0 Å². The monoisotopic (exact) mass is 248 g/mol. The molecule has 3 heteroatoms. The smallest absolute Gasteiger partial charge is 0.132 e. The Kier molecular flexibility index (Phi) is 3.69. The molecule has 0 saturated carbocycles. The summed E-state index contributed by atoms with van der Waals surface area (Å²) in [5.41, 5.74) is 1.77. The minimum absolute atomic E-state index is 0.239. The van der Waals surface area contributed by atoms with Gasteiger partial charge in [0.05, 0.1) is 6.61 Å². The van der Waals surface area contributed by atoms with Gasteiger partial charge in [0.1, 0.15) is 11.6 Å². The molecule has 2 aromatic rings. The molecule has 0 fully saturated rings. The summed E-state index contributed by atoms with van der Waals surface area (Å²) < 4.78 is 18.5.